The molecule has 1 atom stereocenters. The Kier molecular flexibility index (Phi) is 5.46. The van der Waals surface area contributed by atoms with Crippen molar-refractivity contribution in [2.24, 2.45) is 0 Å². The molecule has 0 aliphatic rings. The molecule has 2 aromatic heterocycles. The number of rotatable bonds is 6. The Hall–Kier alpha value is -3.26. The summed E-state index contributed by atoms with van der Waals surface area (Å²) in [5.41, 5.74) is 1.30. The molecule has 3 rings (SSSR count). The Bertz CT molecular complexity index is 1030. The molecular formula is C19H18N2O6. The average molecular weight is 370 g/mol. The number of fused-ring (bicyclic) bond motifs is 1. The van der Waals surface area contributed by atoms with Crippen LogP contribution in [0.4, 0.5) is 0 Å². The van der Waals surface area contributed by atoms with E-state index in [2.05, 4.69) is 9.97 Å². The predicted octanol–water partition coefficient (Wildman–Crippen LogP) is 2.13. The molecule has 27 heavy (non-hydrogen) atoms. The molecule has 0 aliphatic carbocycles. The number of aromatic hydroxyl groups is 1. The first-order chi connectivity index (χ1) is 13.0. The zero-order valence-corrected chi connectivity index (χ0v) is 14.8. The fourth-order valence-electron chi connectivity index (χ4n) is 2.81. The number of ether oxygens (including phenoxy) is 2. The van der Waals surface area contributed by atoms with E-state index in [1.165, 1.54) is 14.2 Å². The van der Waals surface area contributed by atoms with Crippen LogP contribution in [0.3, 0.4) is 0 Å². The van der Waals surface area contributed by atoms with Crippen LogP contribution in [0.15, 0.2) is 45.9 Å². The molecule has 8 heteroatoms. The minimum absolute atomic E-state index is 0.0248. The fraction of sp³-hybridized carbons (Fsp3) is 0.263. The number of benzene rings is 1. The number of methoxy groups -OCH3 is 2. The second-order valence-corrected chi connectivity index (χ2v) is 5.86. The molecule has 1 unspecified atom stereocenters. The van der Waals surface area contributed by atoms with Gasteiger partial charge in [-0.25, -0.2) is 0 Å². The van der Waals surface area contributed by atoms with Gasteiger partial charge in [0.15, 0.2) is 5.76 Å². The third-order valence-corrected chi connectivity index (χ3v) is 4.10. The Balaban J connectivity index is 2.16. The van der Waals surface area contributed by atoms with E-state index >= 15 is 0 Å². The van der Waals surface area contributed by atoms with Gasteiger partial charge >= 0.3 is 5.97 Å². The van der Waals surface area contributed by atoms with Crippen molar-refractivity contribution >= 4 is 17.0 Å². The molecule has 8 nitrogen and oxygen atoms in total. The number of hydrogen-bond donors (Lipinski definition) is 1. The lowest BCUT2D eigenvalue weighted by molar-refractivity contribution is -0.140. The molecular weight excluding hydrogens is 352 g/mol. The molecule has 0 amide bonds. The van der Waals surface area contributed by atoms with Crippen LogP contribution >= 0.6 is 0 Å². The monoisotopic (exact) mass is 370 g/mol. The molecule has 2 heterocycles. The Morgan fingerprint density at radius 1 is 1.19 bits per heavy atom. The Labute approximate surface area is 154 Å². The summed E-state index contributed by atoms with van der Waals surface area (Å²) in [5, 5.41) is 10.3. The quantitative estimate of drug-likeness (QED) is 0.657. The molecule has 0 bridgehead atoms. The molecule has 0 saturated heterocycles. The summed E-state index contributed by atoms with van der Waals surface area (Å²) >= 11 is 0. The van der Waals surface area contributed by atoms with E-state index in [1.54, 1.807) is 30.6 Å². The van der Waals surface area contributed by atoms with Crippen molar-refractivity contribution in [1.29, 1.82) is 0 Å². The summed E-state index contributed by atoms with van der Waals surface area (Å²) in [5.74, 6) is -1.59. The molecule has 1 aromatic carbocycles. The van der Waals surface area contributed by atoms with Crippen LogP contribution in [0.1, 0.15) is 29.4 Å². The van der Waals surface area contributed by atoms with E-state index < -0.39 is 23.1 Å². The van der Waals surface area contributed by atoms with Crippen LogP contribution in [0.25, 0.3) is 11.0 Å². The first kappa shape index (κ1) is 18.5. The molecule has 0 saturated carbocycles. The summed E-state index contributed by atoms with van der Waals surface area (Å²) in [7, 11) is 2.73. The molecule has 1 N–H and O–H groups in total. The molecule has 0 radical (unpaired) electrons. The van der Waals surface area contributed by atoms with E-state index in [9.17, 15) is 14.7 Å². The first-order valence-corrected chi connectivity index (χ1v) is 8.15. The van der Waals surface area contributed by atoms with Crippen LogP contribution in [0.2, 0.25) is 0 Å². The van der Waals surface area contributed by atoms with Crippen molar-refractivity contribution in [3.63, 3.8) is 0 Å². The maximum absolute atomic E-state index is 12.1. The van der Waals surface area contributed by atoms with Gasteiger partial charge < -0.3 is 19.0 Å². The maximum atomic E-state index is 12.1. The standard InChI is InChI=1S/C19H18N2O6/c1-25-10-12-8-16(22)18(24)19(27-12)13(9-17(23)26-2)11-3-4-14-15(7-11)21-6-5-20-14/h3-8,13,24H,9-10H2,1-2H3. The van der Waals surface area contributed by atoms with Gasteiger partial charge in [0.25, 0.3) is 0 Å². The van der Waals surface area contributed by atoms with Crippen molar-refractivity contribution in [1.82, 2.24) is 9.97 Å². The molecule has 3 aromatic rings. The smallest absolute Gasteiger partial charge is 0.306 e. The van der Waals surface area contributed by atoms with Gasteiger partial charge in [-0.15, -0.1) is 0 Å². The fourth-order valence-corrected chi connectivity index (χ4v) is 2.81. The number of carbonyl (C=O) groups excluding carboxylic acids is 1. The van der Waals surface area contributed by atoms with Crippen LogP contribution in [-0.4, -0.2) is 35.3 Å². The predicted molar refractivity (Wildman–Crippen MR) is 95.4 cm³/mol. The van der Waals surface area contributed by atoms with Crippen molar-refractivity contribution in [2.45, 2.75) is 18.9 Å². The molecule has 0 spiro atoms. The lowest BCUT2D eigenvalue weighted by Gasteiger charge is -2.17. The van der Waals surface area contributed by atoms with Gasteiger partial charge in [0.1, 0.15) is 12.4 Å². The topological polar surface area (TPSA) is 112 Å². The summed E-state index contributed by atoms with van der Waals surface area (Å²) in [6.45, 7) is 0.0522. The number of nitrogens with zero attached hydrogens (tertiary/aromatic N) is 2. The molecule has 0 aliphatic heterocycles. The number of carbonyl (C=O) groups is 1. The minimum Gasteiger partial charge on any atom is -0.502 e. The van der Waals surface area contributed by atoms with Gasteiger partial charge in [-0.1, -0.05) is 6.07 Å². The van der Waals surface area contributed by atoms with Gasteiger partial charge in [-0.05, 0) is 17.7 Å². The third kappa shape index (κ3) is 3.95. The highest BCUT2D eigenvalue weighted by Gasteiger charge is 2.27. The van der Waals surface area contributed by atoms with Crippen molar-refractivity contribution < 1.29 is 23.8 Å². The third-order valence-electron chi connectivity index (χ3n) is 4.10. The van der Waals surface area contributed by atoms with E-state index in [0.29, 0.717) is 16.6 Å². The number of hydrogen-bond acceptors (Lipinski definition) is 8. The maximum Gasteiger partial charge on any atom is 0.306 e. The van der Waals surface area contributed by atoms with Gasteiger partial charge in [-0.2, -0.15) is 0 Å². The molecule has 0 fully saturated rings. The highest BCUT2D eigenvalue weighted by atomic mass is 16.5. The van der Waals surface area contributed by atoms with E-state index in [1.807, 2.05) is 0 Å². The summed E-state index contributed by atoms with van der Waals surface area (Å²) < 4.78 is 15.4. The zero-order valence-electron chi connectivity index (χ0n) is 14.8. The second kappa shape index (κ2) is 7.96. The summed E-state index contributed by atoms with van der Waals surface area (Å²) in [6.07, 6.45) is 3.00. The largest absolute Gasteiger partial charge is 0.502 e. The van der Waals surface area contributed by atoms with Gasteiger partial charge in [0, 0.05) is 25.6 Å². The van der Waals surface area contributed by atoms with Crippen LogP contribution in [0, 0.1) is 0 Å². The Morgan fingerprint density at radius 3 is 2.63 bits per heavy atom. The first-order valence-electron chi connectivity index (χ1n) is 8.15. The van der Waals surface area contributed by atoms with Crippen LogP contribution < -0.4 is 5.43 Å². The van der Waals surface area contributed by atoms with Crippen molar-refractivity contribution in [3.8, 4) is 5.75 Å². The number of aromatic nitrogens is 2. The van der Waals surface area contributed by atoms with Gasteiger partial charge in [0.05, 0.1) is 30.5 Å². The van der Waals surface area contributed by atoms with E-state index in [0.717, 1.165) is 6.07 Å². The van der Waals surface area contributed by atoms with Crippen molar-refractivity contribution in [3.05, 3.63) is 64.0 Å². The van der Waals surface area contributed by atoms with Gasteiger partial charge in [0.2, 0.25) is 11.2 Å². The normalized spacial score (nSPS) is 12.1. The van der Waals surface area contributed by atoms with E-state index in [-0.39, 0.29) is 24.5 Å². The number of esters is 1. The Morgan fingerprint density at radius 2 is 1.93 bits per heavy atom. The zero-order chi connectivity index (χ0) is 19.4. The average Bonchev–Trinajstić information content (AvgIpc) is 2.68. The lowest BCUT2D eigenvalue weighted by Crippen LogP contribution is -2.14. The highest BCUT2D eigenvalue weighted by molar-refractivity contribution is 5.76. The minimum atomic E-state index is -0.742. The summed E-state index contributed by atoms with van der Waals surface area (Å²) in [6, 6.07) is 6.38. The van der Waals surface area contributed by atoms with Gasteiger partial charge in [-0.3, -0.25) is 19.6 Å². The second-order valence-electron chi connectivity index (χ2n) is 5.86. The van der Waals surface area contributed by atoms with Crippen molar-refractivity contribution in [2.75, 3.05) is 14.2 Å². The highest BCUT2D eigenvalue weighted by Crippen LogP contribution is 2.34. The summed E-state index contributed by atoms with van der Waals surface area (Å²) in [4.78, 5) is 32.6. The van der Waals surface area contributed by atoms with E-state index in [4.69, 9.17) is 13.9 Å². The lowest BCUT2D eigenvalue weighted by atomic mass is 9.91. The van der Waals surface area contributed by atoms with Crippen LogP contribution in [0.5, 0.6) is 5.75 Å². The SMILES string of the molecule is COCc1cc(=O)c(O)c(C(CC(=O)OC)c2ccc3nccnc3c2)o1. The molecule has 140 valence electrons. The van der Waals surface area contributed by atoms with Crippen LogP contribution in [-0.2, 0) is 20.9 Å².